The SMILES string of the molecule is CC1(C)c2ccccc2-c2c(N(c3cccc(N(c4ccccc4)c4ccccc4)c3)c3ccc4oc5ccccc5c4c3)cc3c(ccc4nc(-c5ccccc5)sc43)c21. The van der Waals surface area contributed by atoms with E-state index >= 15 is 0 Å². The number of thiazole rings is 1. The van der Waals surface area contributed by atoms with Crippen molar-refractivity contribution in [3.05, 3.63) is 211 Å². The smallest absolute Gasteiger partial charge is 0.135 e. The van der Waals surface area contributed by atoms with Gasteiger partial charge in [-0.15, -0.1) is 11.3 Å². The predicted octanol–water partition coefficient (Wildman–Crippen LogP) is 16.3. The Balaban J connectivity index is 1.18. The number of aromatic nitrogens is 1. The van der Waals surface area contributed by atoms with Gasteiger partial charge in [0.1, 0.15) is 16.2 Å². The first-order valence-electron chi connectivity index (χ1n) is 20.8. The largest absolute Gasteiger partial charge is 0.456 e. The minimum absolute atomic E-state index is 0.267. The zero-order valence-electron chi connectivity index (χ0n) is 33.7. The first-order chi connectivity index (χ1) is 30.0. The number of nitrogens with zero attached hydrogens (tertiary/aromatic N) is 3. The van der Waals surface area contributed by atoms with E-state index in [1.165, 1.54) is 37.7 Å². The van der Waals surface area contributed by atoms with E-state index in [0.717, 1.165) is 72.2 Å². The third kappa shape index (κ3) is 5.62. The van der Waals surface area contributed by atoms with Gasteiger partial charge in [-0.05, 0) is 101 Å². The van der Waals surface area contributed by atoms with E-state index in [4.69, 9.17) is 9.40 Å². The summed E-state index contributed by atoms with van der Waals surface area (Å²) in [5.41, 5.74) is 15.3. The molecule has 2 aromatic heterocycles. The number of hydrogen-bond donors (Lipinski definition) is 0. The van der Waals surface area contributed by atoms with Crippen LogP contribution in [0.2, 0.25) is 0 Å². The van der Waals surface area contributed by atoms with E-state index in [2.05, 4.69) is 218 Å². The Morgan fingerprint density at radius 2 is 1.10 bits per heavy atom. The fourth-order valence-electron chi connectivity index (χ4n) is 9.68. The Morgan fingerprint density at radius 3 is 1.87 bits per heavy atom. The molecule has 0 unspecified atom stereocenters. The third-order valence-corrected chi connectivity index (χ3v) is 13.6. The van der Waals surface area contributed by atoms with Crippen molar-refractivity contribution >= 4 is 88.4 Å². The molecule has 61 heavy (non-hydrogen) atoms. The van der Waals surface area contributed by atoms with Gasteiger partial charge >= 0.3 is 0 Å². The first-order valence-corrected chi connectivity index (χ1v) is 21.6. The highest BCUT2D eigenvalue weighted by molar-refractivity contribution is 7.22. The molecule has 0 atom stereocenters. The second kappa shape index (κ2) is 13.8. The third-order valence-electron chi connectivity index (χ3n) is 12.4. The van der Waals surface area contributed by atoms with E-state index in [-0.39, 0.29) is 5.41 Å². The molecule has 0 saturated carbocycles. The molecule has 2 heterocycles. The summed E-state index contributed by atoms with van der Waals surface area (Å²) >= 11 is 1.78. The summed E-state index contributed by atoms with van der Waals surface area (Å²) in [6.07, 6.45) is 0. The molecule has 9 aromatic carbocycles. The topological polar surface area (TPSA) is 32.5 Å². The first kappa shape index (κ1) is 35.5. The van der Waals surface area contributed by atoms with Crippen molar-refractivity contribution in [2.45, 2.75) is 19.3 Å². The second-order valence-corrected chi connectivity index (χ2v) is 17.3. The summed E-state index contributed by atoms with van der Waals surface area (Å²) in [6, 6.07) is 71.8. The molecule has 1 aliphatic rings. The molecule has 1 aliphatic carbocycles. The Morgan fingerprint density at radius 1 is 0.475 bits per heavy atom. The normalized spacial score (nSPS) is 12.9. The van der Waals surface area contributed by atoms with Crippen LogP contribution < -0.4 is 9.80 Å². The van der Waals surface area contributed by atoms with Crippen LogP contribution in [0.5, 0.6) is 0 Å². The van der Waals surface area contributed by atoms with Gasteiger partial charge in [0.15, 0.2) is 0 Å². The molecule has 0 aliphatic heterocycles. The minimum atomic E-state index is -0.267. The lowest BCUT2D eigenvalue weighted by molar-refractivity contribution is 0.666. The Hall–Kier alpha value is -7.47. The predicted molar refractivity (Wildman–Crippen MR) is 257 cm³/mol. The maximum Gasteiger partial charge on any atom is 0.135 e. The molecule has 11 aromatic rings. The standard InChI is InChI=1S/C56H39N3OS/c1-56(2)47-27-14-12-26-44(47)52-49(35-46-43(53(52)56)30-31-48-54(46)61-55(57-48)36-17-6-3-7-18-36)59(41-29-32-51-45(34-41)42-25-13-15-28-50(42)60-51)40-24-16-23-39(33-40)58(37-19-8-4-9-20-37)38-21-10-5-11-22-38/h3-35H,1-2H3. The molecule has 0 fully saturated rings. The number of rotatable bonds is 7. The lowest BCUT2D eigenvalue weighted by atomic mass is 9.80. The summed E-state index contributed by atoms with van der Waals surface area (Å²) in [4.78, 5) is 10.0. The monoisotopic (exact) mass is 801 g/mol. The van der Waals surface area contributed by atoms with Crippen LogP contribution in [0.3, 0.4) is 0 Å². The number of anilines is 6. The molecule has 12 rings (SSSR count). The average Bonchev–Trinajstić information content (AvgIpc) is 3.99. The van der Waals surface area contributed by atoms with Gasteiger partial charge in [0.25, 0.3) is 0 Å². The number of benzene rings is 9. The van der Waals surface area contributed by atoms with E-state index in [9.17, 15) is 0 Å². The lowest BCUT2D eigenvalue weighted by Gasteiger charge is -2.31. The van der Waals surface area contributed by atoms with Crippen LogP contribution in [0.1, 0.15) is 25.0 Å². The van der Waals surface area contributed by atoms with Crippen molar-refractivity contribution in [1.29, 1.82) is 0 Å². The lowest BCUT2D eigenvalue weighted by Crippen LogP contribution is -2.17. The van der Waals surface area contributed by atoms with Gasteiger partial charge in [0, 0.05) is 61.1 Å². The number of furan rings is 1. The van der Waals surface area contributed by atoms with Gasteiger partial charge < -0.3 is 14.2 Å². The Labute approximate surface area is 358 Å². The molecular weight excluding hydrogens is 763 g/mol. The highest BCUT2D eigenvalue weighted by atomic mass is 32.1. The van der Waals surface area contributed by atoms with Crippen LogP contribution in [0, 0.1) is 0 Å². The molecule has 0 amide bonds. The fraction of sp³-hybridized carbons (Fsp3) is 0.0536. The zero-order valence-corrected chi connectivity index (χ0v) is 34.5. The molecule has 4 nitrogen and oxygen atoms in total. The minimum Gasteiger partial charge on any atom is -0.456 e. The second-order valence-electron chi connectivity index (χ2n) is 16.4. The van der Waals surface area contributed by atoms with E-state index in [0.29, 0.717) is 0 Å². The van der Waals surface area contributed by atoms with Crippen LogP contribution in [-0.4, -0.2) is 4.98 Å². The number of para-hydroxylation sites is 3. The number of fused-ring (bicyclic) bond motifs is 10. The van der Waals surface area contributed by atoms with Crippen molar-refractivity contribution in [2.75, 3.05) is 9.80 Å². The molecule has 0 N–H and O–H groups in total. The molecule has 0 bridgehead atoms. The maximum atomic E-state index is 6.41. The molecule has 0 spiro atoms. The van der Waals surface area contributed by atoms with Crippen LogP contribution >= 0.6 is 11.3 Å². The van der Waals surface area contributed by atoms with Crippen LogP contribution in [0.25, 0.3) is 64.6 Å². The molecule has 0 radical (unpaired) electrons. The molecule has 0 saturated heterocycles. The maximum absolute atomic E-state index is 6.41. The quantitative estimate of drug-likeness (QED) is 0.161. The van der Waals surface area contributed by atoms with E-state index in [1.807, 2.05) is 6.07 Å². The van der Waals surface area contributed by atoms with Crippen LogP contribution in [-0.2, 0) is 5.41 Å². The summed E-state index contributed by atoms with van der Waals surface area (Å²) in [5, 5.41) is 5.68. The molecular formula is C56H39N3OS. The molecule has 5 heteroatoms. The zero-order chi connectivity index (χ0) is 40.7. The average molecular weight is 802 g/mol. The van der Waals surface area contributed by atoms with E-state index < -0.39 is 0 Å². The fourth-order valence-corrected chi connectivity index (χ4v) is 10.8. The van der Waals surface area contributed by atoms with Crippen molar-refractivity contribution < 1.29 is 4.42 Å². The van der Waals surface area contributed by atoms with Crippen LogP contribution in [0.4, 0.5) is 34.1 Å². The van der Waals surface area contributed by atoms with Gasteiger partial charge in [0.2, 0.25) is 0 Å². The van der Waals surface area contributed by atoms with E-state index in [1.54, 1.807) is 11.3 Å². The summed E-state index contributed by atoms with van der Waals surface area (Å²) < 4.78 is 7.60. The van der Waals surface area contributed by atoms with Gasteiger partial charge in [-0.25, -0.2) is 4.98 Å². The van der Waals surface area contributed by atoms with Gasteiger partial charge in [0.05, 0.1) is 15.9 Å². The number of hydrogen-bond acceptors (Lipinski definition) is 5. The van der Waals surface area contributed by atoms with Crippen molar-refractivity contribution in [3.63, 3.8) is 0 Å². The van der Waals surface area contributed by atoms with Gasteiger partial charge in [-0.1, -0.05) is 135 Å². The van der Waals surface area contributed by atoms with Gasteiger partial charge in [-0.3, -0.25) is 0 Å². The Kier molecular flexibility index (Phi) is 8.03. The highest BCUT2D eigenvalue weighted by Gasteiger charge is 2.40. The Bertz CT molecular complexity index is 3420. The van der Waals surface area contributed by atoms with Crippen molar-refractivity contribution in [1.82, 2.24) is 4.98 Å². The summed E-state index contributed by atoms with van der Waals surface area (Å²) in [5.74, 6) is 0. The van der Waals surface area contributed by atoms with Crippen molar-refractivity contribution in [3.8, 4) is 21.7 Å². The van der Waals surface area contributed by atoms with Crippen LogP contribution in [0.15, 0.2) is 205 Å². The van der Waals surface area contributed by atoms with Gasteiger partial charge in [-0.2, -0.15) is 0 Å². The summed E-state index contributed by atoms with van der Waals surface area (Å²) in [7, 11) is 0. The highest BCUT2D eigenvalue weighted by Crippen LogP contribution is 2.58. The molecule has 290 valence electrons. The summed E-state index contributed by atoms with van der Waals surface area (Å²) in [6.45, 7) is 4.78. The van der Waals surface area contributed by atoms with Crippen molar-refractivity contribution in [2.24, 2.45) is 0 Å².